The summed E-state index contributed by atoms with van der Waals surface area (Å²) in [6.07, 6.45) is 11.4. The summed E-state index contributed by atoms with van der Waals surface area (Å²) in [5.41, 5.74) is 2.03. The summed E-state index contributed by atoms with van der Waals surface area (Å²) in [7, 11) is 1.59. The molecule has 12 heteroatoms. The Kier molecular flexibility index (Phi) is 11.0. The van der Waals surface area contributed by atoms with Crippen molar-refractivity contribution >= 4 is 23.5 Å². The van der Waals surface area contributed by atoms with E-state index in [1.165, 1.54) is 19.3 Å². The highest BCUT2D eigenvalue weighted by molar-refractivity contribution is 6.01. The van der Waals surface area contributed by atoms with Gasteiger partial charge in [-0.2, -0.15) is 10.2 Å². The number of anilines is 1. The molecule has 2 aliphatic carbocycles. The summed E-state index contributed by atoms with van der Waals surface area (Å²) < 4.78 is 9.23. The minimum absolute atomic E-state index is 0.0717. The van der Waals surface area contributed by atoms with Crippen molar-refractivity contribution in [3.63, 3.8) is 0 Å². The molecule has 12 nitrogen and oxygen atoms in total. The molecule has 2 aromatic heterocycles. The molecule has 0 bridgehead atoms. The maximum atomic E-state index is 13.3. The molecule has 3 amide bonds. The van der Waals surface area contributed by atoms with Crippen LogP contribution >= 0.6 is 0 Å². The van der Waals surface area contributed by atoms with E-state index in [0.717, 1.165) is 43.6 Å². The summed E-state index contributed by atoms with van der Waals surface area (Å²) in [4.78, 5) is 40.6. The number of nitrogens with zero attached hydrogens (tertiary/aromatic N) is 7. The molecule has 4 fully saturated rings. The van der Waals surface area contributed by atoms with Gasteiger partial charge < -0.3 is 15.0 Å². The van der Waals surface area contributed by atoms with Crippen LogP contribution in [0, 0.1) is 17.8 Å². The lowest BCUT2D eigenvalue weighted by Crippen LogP contribution is -2.37. The number of carbonyl (C=O) groups is 3. The molecule has 0 radical (unpaired) electrons. The number of amides is 3. The predicted octanol–water partition coefficient (Wildman–Crippen LogP) is 3.90. The Morgan fingerprint density at radius 3 is 2.33 bits per heavy atom. The summed E-state index contributed by atoms with van der Waals surface area (Å²) in [6.45, 7) is 12.4. The number of ether oxygens (including phenoxy) is 1. The third-order valence-corrected chi connectivity index (χ3v) is 8.42. The van der Waals surface area contributed by atoms with Gasteiger partial charge in [0.25, 0.3) is 11.8 Å². The SMILES string of the molecule is C#N.C1CC1.CCN1C(=O)CCc2c(C(=O)N3CCC4CC43)nn(C3CCOCC3)c21.CNC(=O)c1ccn(C(C)C)n1. The highest BCUT2D eigenvalue weighted by atomic mass is 16.5. The lowest BCUT2D eigenvalue weighted by atomic mass is 10.0. The third kappa shape index (κ3) is 7.44. The van der Waals surface area contributed by atoms with Crippen LogP contribution in [0.5, 0.6) is 0 Å². The standard InChI is InChI=1S/C19H26N4O3.C8H13N3O.C3H6.CHN/c1-2-21-16(24)4-3-14-17(19(25)22-8-5-12-11-15(12)22)20-23(18(14)21)13-6-9-26-10-7-13;1-6(2)11-5-4-7(10-11)8(12)9-3;1-2-3-1;1-2/h12-13,15H,2-11H2,1H3;4-6H,1-3H3,(H,9,12);1-3H2;1H. The van der Waals surface area contributed by atoms with Crippen molar-refractivity contribution in [1.82, 2.24) is 29.8 Å². The molecule has 5 heterocycles. The van der Waals surface area contributed by atoms with Crippen molar-refractivity contribution in [3.8, 4) is 6.57 Å². The normalized spacial score (nSPS) is 21.7. The molecule has 0 aromatic carbocycles. The molecule has 3 aliphatic heterocycles. The zero-order valence-corrected chi connectivity index (χ0v) is 26.0. The second-order valence-electron chi connectivity index (χ2n) is 11.8. The monoisotopic (exact) mass is 594 g/mol. The van der Waals surface area contributed by atoms with Crippen LogP contribution in [0.15, 0.2) is 12.3 Å². The third-order valence-electron chi connectivity index (χ3n) is 8.42. The van der Waals surface area contributed by atoms with Gasteiger partial charge in [-0.1, -0.05) is 19.3 Å². The van der Waals surface area contributed by atoms with E-state index < -0.39 is 0 Å². The Morgan fingerprint density at radius 1 is 1.12 bits per heavy atom. The molecular weight excluding hydrogens is 548 g/mol. The molecule has 7 rings (SSSR count). The number of carbonyl (C=O) groups excluding carboxylic acids is 3. The average molecular weight is 595 g/mol. The number of rotatable bonds is 5. The maximum Gasteiger partial charge on any atom is 0.274 e. The first-order chi connectivity index (χ1) is 20.8. The van der Waals surface area contributed by atoms with Crippen molar-refractivity contribution < 1.29 is 19.1 Å². The zero-order chi connectivity index (χ0) is 31.1. The number of aromatic nitrogens is 4. The van der Waals surface area contributed by atoms with Crippen molar-refractivity contribution in [1.29, 1.82) is 5.26 Å². The van der Waals surface area contributed by atoms with E-state index in [4.69, 9.17) is 15.1 Å². The van der Waals surface area contributed by atoms with E-state index >= 15 is 0 Å². The second kappa shape index (κ2) is 14.6. The molecular formula is C31H46N8O4. The van der Waals surface area contributed by atoms with Crippen LogP contribution in [-0.2, 0) is 16.0 Å². The molecule has 2 aromatic rings. The molecule has 43 heavy (non-hydrogen) atoms. The number of nitrogens with one attached hydrogen (secondary N) is 1. The highest BCUT2D eigenvalue weighted by Crippen LogP contribution is 2.45. The van der Waals surface area contributed by atoms with Gasteiger partial charge in [0.1, 0.15) is 11.5 Å². The molecule has 2 saturated heterocycles. The summed E-state index contributed by atoms with van der Waals surface area (Å²) >= 11 is 0. The highest BCUT2D eigenvalue weighted by Gasteiger charge is 2.50. The molecule has 0 spiro atoms. The first-order valence-corrected chi connectivity index (χ1v) is 15.7. The van der Waals surface area contributed by atoms with Gasteiger partial charge in [-0.3, -0.25) is 24.0 Å². The number of hydrogen-bond acceptors (Lipinski definition) is 7. The van der Waals surface area contributed by atoms with Crippen LogP contribution in [0.4, 0.5) is 5.82 Å². The van der Waals surface area contributed by atoms with Gasteiger partial charge >= 0.3 is 0 Å². The van der Waals surface area contributed by atoms with Crippen molar-refractivity contribution in [2.45, 2.75) is 96.7 Å². The van der Waals surface area contributed by atoms with E-state index in [9.17, 15) is 14.4 Å². The van der Waals surface area contributed by atoms with E-state index in [0.29, 0.717) is 62.0 Å². The Bertz CT molecular complexity index is 1290. The largest absolute Gasteiger partial charge is 0.381 e. The van der Waals surface area contributed by atoms with E-state index in [-0.39, 0.29) is 23.8 Å². The van der Waals surface area contributed by atoms with Gasteiger partial charge in [0.15, 0.2) is 5.69 Å². The van der Waals surface area contributed by atoms with Crippen LogP contribution in [0.25, 0.3) is 0 Å². The van der Waals surface area contributed by atoms with Gasteiger partial charge in [-0.05, 0) is 64.9 Å². The Labute approximate surface area is 254 Å². The fourth-order valence-corrected chi connectivity index (χ4v) is 5.80. The first kappa shape index (κ1) is 32.2. The van der Waals surface area contributed by atoms with Crippen LogP contribution in [0.1, 0.15) is 111 Å². The van der Waals surface area contributed by atoms with Crippen molar-refractivity contribution in [3.05, 3.63) is 29.2 Å². The van der Waals surface area contributed by atoms with Gasteiger partial charge in [-0.25, -0.2) is 9.94 Å². The Balaban J connectivity index is 0.000000207. The van der Waals surface area contributed by atoms with E-state index in [1.807, 2.05) is 35.3 Å². The molecule has 234 valence electrons. The Morgan fingerprint density at radius 2 is 1.81 bits per heavy atom. The number of likely N-dealkylation sites (tertiary alicyclic amines) is 1. The number of fused-ring (bicyclic) bond motifs is 2. The number of nitriles is 1. The van der Waals surface area contributed by atoms with Gasteiger partial charge in [0, 0.05) is 70.2 Å². The van der Waals surface area contributed by atoms with Crippen LogP contribution in [0.2, 0.25) is 0 Å². The fourth-order valence-electron chi connectivity index (χ4n) is 5.80. The molecule has 2 atom stereocenters. The number of piperidine rings is 1. The minimum atomic E-state index is -0.144. The topological polar surface area (TPSA) is 138 Å². The van der Waals surface area contributed by atoms with Crippen LogP contribution in [0.3, 0.4) is 0 Å². The van der Waals surface area contributed by atoms with Gasteiger partial charge in [0.05, 0.1) is 6.04 Å². The molecule has 2 saturated carbocycles. The lowest BCUT2D eigenvalue weighted by Gasteiger charge is -2.31. The minimum Gasteiger partial charge on any atom is -0.381 e. The van der Waals surface area contributed by atoms with Gasteiger partial charge in [-0.15, -0.1) is 0 Å². The summed E-state index contributed by atoms with van der Waals surface area (Å²) in [5, 5.41) is 17.9. The van der Waals surface area contributed by atoms with Gasteiger partial charge in [0.2, 0.25) is 5.91 Å². The van der Waals surface area contributed by atoms with Crippen molar-refractivity contribution in [2.24, 2.45) is 5.92 Å². The van der Waals surface area contributed by atoms with Crippen molar-refractivity contribution in [2.75, 3.05) is 38.3 Å². The second-order valence-corrected chi connectivity index (χ2v) is 11.8. The van der Waals surface area contributed by atoms with E-state index in [2.05, 4.69) is 17.0 Å². The van der Waals surface area contributed by atoms with E-state index in [1.54, 1.807) is 24.0 Å². The predicted molar refractivity (Wildman–Crippen MR) is 162 cm³/mol. The summed E-state index contributed by atoms with van der Waals surface area (Å²) in [6, 6.07) is 2.63. The molecule has 5 aliphatic rings. The molecule has 2 unspecified atom stereocenters. The zero-order valence-electron chi connectivity index (χ0n) is 26.0. The quantitative estimate of drug-likeness (QED) is 0.554. The fraction of sp³-hybridized carbons (Fsp3) is 0.677. The maximum absolute atomic E-state index is 13.3. The Hall–Kier alpha value is -3.72. The molecule has 1 N–H and O–H groups in total. The average Bonchev–Trinajstić information content (AvgIpc) is 3.94. The lowest BCUT2D eigenvalue weighted by molar-refractivity contribution is -0.118. The smallest absolute Gasteiger partial charge is 0.274 e. The van der Waals surface area contributed by atoms with Crippen LogP contribution < -0.4 is 10.2 Å². The number of hydrogen-bond donors (Lipinski definition) is 1. The first-order valence-electron chi connectivity index (χ1n) is 15.7. The summed E-state index contributed by atoms with van der Waals surface area (Å²) in [5.74, 6) is 1.64. The van der Waals surface area contributed by atoms with Crippen LogP contribution in [-0.4, -0.2) is 81.6 Å².